The molecule has 2 rings (SSSR count). The van der Waals surface area contributed by atoms with Gasteiger partial charge in [0.2, 0.25) is 0 Å². The number of carbonyl (C=O) groups is 1. The summed E-state index contributed by atoms with van der Waals surface area (Å²) in [7, 11) is 0. The molecule has 0 bridgehead atoms. The molecule has 1 N–H and O–H groups in total. The van der Waals surface area contributed by atoms with Gasteiger partial charge in [0.05, 0.1) is 6.42 Å². The van der Waals surface area contributed by atoms with Crippen molar-refractivity contribution in [2.45, 2.75) is 45.2 Å². The summed E-state index contributed by atoms with van der Waals surface area (Å²) in [6.45, 7) is 4.94. The molecule has 0 fully saturated rings. The molecule has 4 heteroatoms. The number of fused-ring (bicyclic) bond motifs is 1. The third kappa shape index (κ3) is 3.10. The van der Waals surface area contributed by atoms with Crippen molar-refractivity contribution in [3.05, 3.63) is 34.3 Å². The van der Waals surface area contributed by atoms with Gasteiger partial charge in [-0.3, -0.25) is 9.69 Å². The Kier molecular flexibility index (Phi) is 4.48. The summed E-state index contributed by atoms with van der Waals surface area (Å²) in [5.41, 5.74) is 2.61. The van der Waals surface area contributed by atoms with E-state index in [1.807, 2.05) is 19.1 Å². The molecule has 0 aromatic heterocycles. The topological polar surface area (TPSA) is 40.5 Å². The summed E-state index contributed by atoms with van der Waals surface area (Å²) in [6.07, 6.45) is 2.26. The van der Waals surface area contributed by atoms with Gasteiger partial charge in [-0.2, -0.15) is 0 Å². The zero-order valence-corrected chi connectivity index (χ0v) is 12.2. The average Bonchev–Trinajstić information content (AvgIpc) is 2.72. The van der Waals surface area contributed by atoms with Crippen LogP contribution in [0.3, 0.4) is 0 Å². The van der Waals surface area contributed by atoms with Crippen molar-refractivity contribution >= 4 is 17.6 Å². The minimum absolute atomic E-state index is 0.0501. The number of hydrogen-bond acceptors (Lipinski definition) is 2. The first kappa shape index (κ1) is 14.4. The maximum atomic E-state index is 10.9. The van der Waals surface area contributed by atoms with Crippen molar-refractivity contribution in [1.82, 2.24) is 4.90 Å². The van der Waals surface area contributed by atoms with Crippen molar-refractivity contribution in [3.63, 3.8) is 0 Å². The van der Waals surface area contributed by atoms with Crippen molar-refractivity contribution in [1.29, 1.82) is 0 Å². The second kappa shape index (κ2) is 5.93. The molecule has 0 saturated heterocycles. The fourth-order valence-corrected chi connectivity index (χ4v) is 3.31. The van der Waals surface area contributed by atoms with Crippen molar-refractivity contribution in [2.75, 3.05) is 6.54 Å². The number of halogens is 1. The van der Waals surface area contributed by atoms with E-state index in [1.54, 1.807) is 0 Å². The van der Waals surface area contributed by atoms with Crippen LogP contribution in [-0.2, 0) is 11.2 Å². The molecule has 0 heterocycles. The van der Waals surface area contributed by atoms with Crippen LogP contribution in [-0.4, -0.2) is 28.6 Å². The van der Waals surface area contributed by atoms with E-state index >= 15 is 0 Å². The highest BCUT2D eigenvalue weighted by Gasteiger charge is 2.30. The van der Waals surface area contributed by atoms with Crippen molar-refractivity contribution in [2.24, 2.45) is 0 Å². The molecule has 0 radical (unpaired) electrons. The number of aliphatic carboxylic acids is 1. The highest BCUT2D eigenvalue weighted by atomic mass is 35.5. The van der Waals surface area contributed by atoms with E-state index in [2.05, 4.69) is 17.9 Å². The van der Waals surface area contributed by atoms with E-state index in [-0.39, 0.29) is 12.5 Å². The number of hydrogen-bond donors (Lipinski definition) is 1. The molecule has 2 unspecified atom stereocenters. The normalized spacial score (nSPS) is 19.5. The molecule has 104 valence electrons. The summed E-state index contributed by atoms with van der Waals surface area (Å²) >= 11 is 6.02. The largest absolute Gasteiger partial charge is 0.481 e. The van der Waals surface area contributed by atoms with Crippen molar-refractivity contribution < 1.29 is 9.90 Å². The van der Waals surface area contributed by atoms with Crippen LogP contribution in [0.15, 0.2) is 18.2 Å². The van der Waals surface area contributed by atoms with Crippen LogP contribution in [0.1, 0.15) is 43.9 Å². The standard InChI is InChI=1S/C15H20ClNO2/c1-3-17(10(2)8-15(18)19)14-7-4-11-9-12(16)5-6-13(11)14/h5-6,9-10,14H,3-4,7-8H2,1-2H3,(H,18,19). The lowest BCUT2D eigenvalue weighted by molar-refractivity contribution is -0.138. The Morgan fingerprint density at radius 3 is 2.95 bits per heavy atom. The van der Waals surface area contributed by atoms with E-state index in [4.69, 9.17) is 16.7 Å². The molecule has 3 nitrogen and oxygen atoms in total. The van der Waals surface area contributed by atoms with Gasteiger partial charge in [0, 0.05) is 17.1 Å². The number of carboxylic acids is 1. The number of carboxylic acid groups (broad SMARTS) is 1. The summed E-state index contributed by atoms with van der Waals surface area (Å²) in [5.74, 6) is -0.736. The molecule has 0 spiro atoms. The summed E-state index contributed by atoms with van der Waals surface area (Å²) in [4.78, 5) is 13.2. The maximum absolute atomic E-state index is 10.9. The lowest BCUT2D eigenvalue weighted by Gasteiger charge is -2.33. The summed E-state index contributed by atoms with van der Waals surface area (Å²) in [6, 6.07) is 6.42. The Labute approximate surface area is 119 Å². The Bertz CT molecular complexity index is 475. The van der Waals surface area contributed by atoms with Crippen LogP contribution < -0.4 is 0 Å². The number of nitrogens with zero attached hydrogens (tertiary/aromatic N) is 1. The molecule has 1 aliphatic carbocycles. The van der Waals surface area contributed by atoms with E-state index in [9.17, 15) is 4.79 Å². The Hall–Kier alpha value is -1.06. The van der Waals surface area contributed by atoms with E-state index in [1.165, 1.54) is 11.1 Å². The highest BCUT2D eigenvalue weighted by molar-refractivity contribution is 6.30. The second-order valence-corrected chi connectivity index (χ2v) is 5.61. The first-order chi connectivity index (χ1) is 9.02. The number of aryl methyl sites for hydroxylation is 1. The second-order valence-electron chi connectivity index (χ2n) is 5.17. The molecule has 0 amide bonds. The van der Waals surface area contributed by atoms with Crippen molar-refractivity contribution in [3.8, 4) is 0 Å². The van der Waals surface area contributed by atoms with Crippen LogP contribution in [0, 0.1) is 0 Å². The highest BCUT2D eigenvalue weighted by Crippen LogP contribution is 2.38. The van der Waals surface area contributed by atoms with Crippen LogP contribution >= 0.6 is 11.6 Å². The lowest BCUT2D eigenvalue weighted by Crippen LogP contribution is -2.37. The first-order valence-corrected chi connectivity index (χ1v) is 7.16. The van der Waals surface area contributed by atoms with Gasteiger partial charge in [-0.15, -0.1) is 0 Å². The number of rotatable bonds is 5. The zero-order valence-electron chi connectivity index (χ0n) is 11.4. The van der Waals surface area contributed by atoms with Crippen LogP contribution in [0.5, 0.6) is 0 Å². The van der Waals surface area contributed by atoms with Crippen LogP contribution in [0.4, 0.5) is 0 Å². The molecule has 0 aliphatic heterocycles. The molecule has 19 heavy (non-hydrogen) atoms. The van der Waals surface area contributed by atoms with E-state index in [0.717, 1.165) is 24.4 Å². The van der Waals surface area contributed by atoms with Gasteiger partial charge in [0.15, 0.2) is 0 Å². The van der Waals surface area contributed by atoms with Crippen LogP contribution in [0.25, 0.3) is 0 Å². The predicted molar refractivity (Wildman–Crippen MR) is 76.6 cm³/mol. The Morgan fingerprint density at radius 1 is 1.58 bits per heavy atom. The van der Waals surface area contributed by atoms with Crippen LogP contribution in [0.2, 0.25) is 5.02 Å². The van der Waals surface area contributed by atoms with Gasteiger partial charge in [-0.25, -0.2) is 0 Å². The van der Waals surface area contributed by atoms with E-state index < -0.39 is 5.97 Å². The van der Waals surface area contributed by atoms with Gasteiger partial charge >= 0.3 is 5.97 Å². The third-order valence-corrected chi connectivity index (χ3v) is 4.19. The Balaban J connectivity index is 2.20. The minimum Gasteiger partial charge on any atom is -0.481 e. The molecule has 2 atom stereocenters. The minimum atomic E-state index is -0.736. The van der Waals surface area contributed by atoms with E-state index in [0.29, 0.717) is 6.04 Å². The number of benzene rings is 1. The Morgan fingerprint density at radius 2 is 2.32 bits per heavy atom. The third-order valence-electron chi connectivity index (χ3n) is 3.95. The monoisotopic (exact) mass is 281 g/mol. The van der Waals surface area contributed by atoms with Gasteiger partial charge in [-0.1, -0.05) is 24.6 Å². The lowest BCUT2D eigenvalue weighted by atomic mass is 10.0. The van der Waals surface area contributed by atoms with Gasteiger partial charge in [-0.05, 0) is 49.6 Å². The van der Waals surface area contributed by atoms with Gasteiger partial charge < -0.3 is 5.11 Å². The van der Waals surface area contributed by atoms with Gasteiger partial charge in [0.25, 0.3) is 0 Å². The average molecular weight is 282 g/mol. The zero-order chi connectivity index (χ0) is 14.0. The fourth-order valence-electron chi connectivity index (χ4n) is 3.12. The summed E-state index contributed by atoms with van der Waals surface area (Å²) in [5, 5.41) is 9.74. The summed E-state index contributed by atoms with van der Waals surface area (Å²) < 4.78 is 0. The SMILES string of the molecule is CCN(C(C)CC(=O)O)C1CCc2cc(Cl)ccc21. The molecular weight excluding hydrogens is 262 g/mol. The molecule has 1 aromatic rings. The fraction of sp³-hybridized carbons (Fsp3) is 0.533. The first-order valence-electron chi connectivity index (χ1n) is 6.78. The maximum Gasteiger partial charge on any atom is 0.304 e. The molecule has 1 aromatic carbocycles. The quantitative estimate of drug-likeness (QED) is 0.898. The smallest absolute Gasteiger partial charge is 0.304 e. The molecule has 1 aliphatic rings. The predicted octanol–water partition coefficient (Wildman–Crippen LogP) is 3.51. The molecule has 0 saturated carbocycles. The van der Waals surface area contributed by atoms with Gasteiger partial charge in [0.1, 0.15) is 0 Å². The molecular formula is C15H20ClNO2.